The van der Waals surface area contributed by atoms with Gasteiger partial charge in [-0.3, -0.25) is 0 Å². The van der Waals surface area contributed by atoms with Crippen molar-refractivity contribution in [1.29, 1.82) is 0 Å². The van der Waals surface area contributed by atoms with Gasteiger partial charge in [0, 0.05) is 25.1 Å². The van der Waals surface area contributed by atoms with Crippen LogP contribution < -0.4 is 9.64 Å². The summed E-state index contributed by atoms with van der Waals surface area (Å²) in [5, 5.41) is 4.46. The number of anilines is 1. The van der Waals surface area contributed by atoms with Crippen LogP contribution in [0.15, 0.2) is 16.9 Å². The molecule has 1 atom stereocenters. The summed E-state index contributed by atoms with van der Waals surface area (Å²) >= 11 is 5.84. The molecule has 26 heavy (non-hydrogen) atoms. The normalized spacial score (nSPS) is 16.9. The van der Waals surface area contributed by atoms with Crippen molar-refractivity contribution in [2.75, 3.05) is 24.6 Å². The van der Waals surface area contributed by atoms with Crippen LogP contribution in [0.4, 0.5) is 6.01 Å². The lowest BCUT2D eigenvalue weighted by molar-refractivity contribution is 0.216. The van der Waals surface area contributed by atoms with Gasteiger partial charge < -0.3 is 14.2 Å². The van der Waals surface area contributed by atoms with Crippen LogP contribution in [-0.2, 0) is 0 Å². The SMILES string of the molecule is CC(C)c1noc(N2CCC(C(C)CCOc3cc(Cl)ncn3)CC2)n1. The highest BCUT2D eigenvalue weighted by atomic mass is 35.5. The Bertz CT molecular complexity index is 700. The van der Waals surface area contributed by atoms with Crippen molar-refractivity contribution < 1.29 is 9.26 Å². The topological polar surface area (TPSA) is 77.2 Å². The second-order valence-electron chi connectivity index (χ2n) is 7.21. The average Bonchev–Trinajstić information content (AvgIpc) is 3.12. The van der Waals surface area contributed by atoms with Crippen molar-refractivity contribution >= 4 is 17.6 Å². The highest BCUT2D eigenvalue weighted by Crippen LogP contribution is 2.29. The summed E-state index contributed by atoms with van der Waals surface area (Å²) in [6.45, 7) is 8.98. The summed E-state index contributed by atoms with van der Waals surface area (Å²) in [7, 11) is 0. The van der Waals surface area contributed by atoms with Crippen molar-refractivity contribution in [2.45, 2.75) is 46.0 Å². The second-order valence-corrected chi connectivity index (χ2v) is 7.59. The van der Waals surface area contributed by atoms with E-state index in [4.69, 9.17) is 20.9 Å². The molecule has 1 aliphatic rings. The summed E-state index contributed by atoms with van der Waals surface area (Å²) in [6, 6.07) is 2.30. The minimum atomic E-state index is 0.287. The van der Waals surface area contributed by atoms with Crippen LogP contribution in [0.3, 0.4) is 0 Å². The van der Waals surface area contributed by atoms with Crippen molar-refractivity contribution in [3.63, 3.8) is 0 Å². The molecule has 2 aromatic heterocycles. The van der Waals surface area contributed by atoms with Gasteiger partial charge in [0.2, 0.25) is 5.88 Å². The molecule has 1 unspecified atom stereocenters. The lowest BCUT2D eigenvalue weighted by Crippen LogP contribution is -2.36. The van der Waals surface area contributed by atoms with Gasteiger partial charge in [-0.1, -0.05) is 37.5 Å². The van der Waals surface area contributed by atoms with Gasteiger partial charge in [-0.25, -0.2) is 9.97 Å². The standard InChI is InChI=1S/C18H26ClN5O2/c1-12(2)17-22-18(26-23-17)24-7-4-14(5-8-24)13(3)6-9-25-16-10-15(19)20-11-21-16/h10-14H,4-9H2,1-3H3. The van der Waals surface area contributed by atoms with E-state index in [9.17, 15) is 0 Å². The van der Waals surface area contributed by atoms with E-state index in [0.29, 0.717) is 35.5 Å². The molecule has 0 aromatic carbocycles. The van der Waals surface area contributed by atoms with E-state index in [1.807, 2.05) is 0 Å². The second kappa shape index (κ2) is 8.66. The van der Waals surface area contributed by atoms with Gasteiger partial charge in [0.05, 0.1) is 6.61 Å². The maximum atomic E-state index is 5.84. The monoisotopic (exact) mass is 379 g/mol. The quantitative estimate of drug-likeness (QED) is 0.674. The molecular formula is C18H26ClN5O2. The predicted octanol–water partition coefficient (Wildman–Crippen LogP) is 3.96. The molecule has 142 valence electrons. The lowest BCUT2D eigenvalue weighted by Gasteiger charge is -2.33. The van der Waals surface area contributed by atoms with E-state index in [-0.39, 0.29) is 5.92 Å². The number of nitrogens with zero attached hydrogens (tertiary/aromatic N) is 5. The molecule has 1 fully saturated rings. The molecule has 1 aliphatic heterocycles. The highest BCUT2D eigenvalue weighted by Gasteiger charge is 2.26. The lowest BCUT2D eigenvalue weighted by atomic mass is 9.84. The molecule has 0 saturated carbocycles. The van der Waals surface area contributed by atoms with Gasteiger partial charge >= 0.3 is 6.01 Å². The molecule has 3 rings (SSSR count). The van der Waals surface area contributed by atoms with Gasteiger partial charge in [0.1, 0.15) is 11.5 Å². The van der Waals surface area contributed by atoms with Crippen LogP contribution in [0.2, 0.25) is 5.15 Å². The fourth-order valence-corrected chi connectivity index (χ4v) is 3.37. The third kappa shape index (κ3) is 4.84. The molecule has 7 nitrogen and oxygen atoms in total. The first-order valence-electron chi connectivity index (χ1n) is 9.22. The third-order valence-electron chi connectivity index (χ3n) is 4.99. The molecule has 8 heteroatoms. The van der Waals surface area contributed by atoms with Crippen LogP contribution in [0.5, 0.6) is 5.88 Å². The Kier molecular flexibility index (Phi) is 6.29. The van der Waals surface area contributed by atoms with Crippen LogP contribution >= 0.6 is 11.6 Å². The Morgan fingerprint density at radius 2 is 2.04 bits per heavy atom. The molecule has 0 bridgehead atoms. The van der Waals surface area contributed by atoms with Gasteiger partial charge in [-0.15, -0.1) is 0 Å². The molecule has 0 spiro atoms. The molecule has 2 aromatic rings. The van der Waals surface area contributed by atoms with Crippen LogP contribution in [0, 0.1) is 11.8 Å². The Balaban J connectivity index is 1.42. The maximum Gasteiger partial charge on any atom is 0.324 e. The minimum Gasteiger partial charge on any atom is -0.478 e. The fourth-order valence-electron chi connectivity index (χ4n) is 3.23. The molecular weight excluding hydrogens is 354 g/mol. The number of rotatable bonds is 7. The number of ether oxygens (including phenoxy) is 1. The molecule has 0 amide bonds. The van der Waals surface area contributed by atoms with E-state index in [1.54, 1.807) is 6.07 Å². The summed E-state index contributed by atoms with van der Waals surface area (Å²) < 4.78 is 11.1. The third-order valence-corrected chi connectivity index (χ3v) is 5.20. The Morgan fingerprint density at radius 3 is 2.69 bits per heavy atom. The van der Waals surface area contributed by atoms with E-state index in [1.165, 1.54) is 6.33 Å². The number of aromatic nitrogens is 4. The zero-order valence-electron chi connectivity index (χ0n) is 15.6. The Labute approximate surface area is 159 Å². The largest absolute Gasteiger partial charge is 0.478 e. The van der Waals surface area contributed by atoms with Crippen molar-refractivity contribution in [2.24, 2.45) is 11.8 Å². The van der Waals surface area contributed by atoms with Crippen molar-refractivity contribution in [3.05, 3.63) is 23.4 Å². The van der Waals surface area contributed by atoms with Crippen molar-refractivity contribution in [3.8, 4) is 5.88 Å². The molecule has 1 saturated heterocycles. The van der Waals surface area contributed by atoms with Crippen molar-refractivity contribution in [1.82, 2.24) is 20.1 Å². The predicted molar refractivity (Wildman–Crippen MR) is 99.6 cm³/mol. The number of piperidine rings is 1. The average molecular weight is 380 g/mol. The number of halogens is 1. The summed E-state index contributed by atoms with van der Waals surface area (Å²) in [5.74, 6) is 2.86. The minimum absolute atomic E-state index is 0.287. The molecule has 0 aliphatic carbocycles. The summed E-state index contributed by atoms with van der Waals surface area (Å²) in [4.78, 5) is 14.6. The zero-order valence-corrected chi connectivity index (χ0v) is 16.3. The smallest absolute Gasteiger partial charge is 0.324 e. The van der Waals surface area contributed by atoms with Gasteiger partial charge in [0.15, 0.2) is 5.82 Å². The molecule has 0 N–H and O–H groups in total. The first-order valence-corrected chi connectivity index (χ1v) is 9.59. The Morgan fingerprint density at radius 1 is 1.27 bits per heavy atom. The zero-order chi connectivity index (χ0) is 18.5. The Hall–Kier alpha value is -1.89. The molecule has 0 radical (unpaired) electrons. The summed E-state index contributed by atoms with van der Waals surface area (Å²) in [6.07, 6.45) is 4.66. The van der Waals surface area contributed by atoms with Gasteiger partial charge in [-0.05, 0) is 31.1 Å². The summed E-state index contributed by atoms with van der Waals surface area (Å²) in [5.41, 5.74) is 0. The van der Waals surface area contributed by atoms with E-state index < -0.39 is 0 Å². The highest BCUT2D eigenvalue weighted by molar-refractivity contribution is 6.29. The maximum absolute atomic E-state index is 5.84. The number of hydrogen-bond donors (Lipinski definition) is 0. The van der Waals surface area contributed by atoms with Gasteiger partial charge in [0.25, 0.3) is 0 Å². The van der Waals surface area contributed by atoms with E-state index in [2.05, 4.69) is 45.8 Å². The van der Waals surface area contributed by atoms with Crippen LogP contribution in [0.1, 0.15) is 51.8 Å². The van der Waals surface area contributed by atoms with Crippen LogP contribution in [0.25, 0.3) is 0 Å². The fraction of sp³-hybridized carbons (Fsp3) is 0.667. The van der Waals surface area contributed by atoms with Gasteiger partial charge in [-0.2, -0.15) is 4.98 Å². The van der Waals surface area contributed by atoms with E-state index >= 15 is 0 Å². The first kappa shape index (κ1) is 18.9. The molecule has 3 heterocycles. The number of hydrogen-bond acceptors (Lipinski definition) is 7. The van der Waals surface area contributed by atoms with Crippen LogP contribution in [-0.4, -0.2) is 39.8 Å². The van der Waals surface area contributed by atoms with E-state index in [0.717, 1.165) is 38.2 Å². The first-order chi connectivity index (χ1) is 12.5.